The Bertz CT molecular complexity index is 159. The quantitative estimate of drug-likeness (QED) is 0.676. The Morgan fingerprint density at radius 2 is 1.75 bits per heavy atom. The van der Waals surface area contributed by atoms with Crippen LogP contribution in [0.15, 0.2) is 0 Å². The van der Waals surface area contributed by atoms with Gasteiger partial charge in [0.2, 0.25) is 0 Å². The summed E-state index contributed by atoms with van der Waals surface area (Å²) in [6.07, 6.45) is 12.4. The second kappa shape index (κ2) is 9.00. The van der Waals surface area contributed by atoms with Crippen molar-refractivity contribution in [3.8, 4) is 0 Å². The van der Waals surface area contributed by atoms with Gasteiger partial charge in [0.25, 0.3) is 0 Å². The van der Waals surface area contributed by atoms with E-state index in [-0.39, 0.29) is 0 Å². The fraction of sp³-hybridized carbons (Fsp3) is 1.00. The lowest BCUT2D eigenvalue weighted by Crippen LogP contribution is -2.33. The summed E-state index contributed by atoms with van der Waals surface area (Å²) in [5.74, 6) is 0. The molecule has 1 rings (SSSR count). The SMILES string of the molecule is CC1CCCCCN1CCCCCCCN. The standard InChI is InChI=1S/C14H30N2/c1-14-10-6-5-9-13-16(14)12-8-4-2-3-7-11-15/h14H,2-13,15H2,1H3. The summed E-state index contributed by atoms with van der Waals surface area (Å²) < 4.78 is 0. The van der Waals surface area contributed by atoms with Crippen molar-refractivity contribution >= 4 is 0 Å². The van der Waals surface area contributed by atoms with Gasteiger partial charge in [-0.3, -0.25) is 0 Å². The van der Waals surface area contributed by atoms with Crippen LogP contribution in [0.4, 0.5) is 0 Å². The molecular weight excluding hydrogens is 196 g/mol. The van der Waals surface area contributed by atoms with Crippen LogP contribution in [0.2, 0.25) is 0 Å². The van der Waals surface area contributed by atoms with Crippen molar-refractivity contribution in [3.05, 3.63) is 0 Å². The van der Waals surface area contributed by atoms with Crippen molar-refractivity contribution in [1.29, 1.82) is 0 Å². The van der Waals surface area contributed by atoms with Gasteiger partial charge < -0.3 is 10.6 Å². The third-order valence-electron chi connectivity index (χ3n) is 3.84. The molecule has 0 radical (unpaired) electrons. The Hall–Kier alpha value is -0.0800. The Balaban J connectivity index is 2.01. The fourth-order valence-corrected chi connectivity index (χ4v) is 2.66. The topological polar surface area (TPSA) is 29.3 Å². The zero-order valence-corrected chi connectivity index (χ0v) is 11.1. The van der Waals surface area contributed by atoms with Crippen LogP contribution < -0.4 is 5.73 Å². The van der Waals surface area contributed by atoms with Crippen LogP contribution in [-0.4, -0.2) is 30.6 Å². The zero-order chi connectivity index (χ0) is 11.6. The average Bonchev–Trinajstić information content (AvgIpc) is 2.49. The predicted molar refractivity (Wildman–Crippen MR) is 71.6 cm³/mol. The van der Waals surface area contributed by atoms with E-state index in [4.69, 9.17) is 5.73 Å². The highest BCUT2D eigenvalue weighted by atomic mass is 15.1. The molecule has 0 saturated carbocycles. The van der Waals surface area contributed by atoms with Gasteiger partial charge in [-0.05, 0) is 52.2 Å². The van der Waals surface area contributed by atoms with E-state index in [0.29, 0.717) is 0 Å². The molecule has 96 valence electrons. The normalized spacial score (nSPS) is 23.2. The molecule has 16 heavy (non-hydrogen) atoms. The molecule has 2 heteroatoms. The van der Waals surface area contributed by atoms with E-state index in [1.807, 2.05) is 0 Å². The first kappa shape index (κ1) is 14.0. The minimum atomic E-state index is 0.826. The van der Waals surface area contributed by atoms with Crippen LogP contribution in [-0.2, 0) is 0 Å². The molecule has 1 heterocycles. The van der Waals surface area contributed by atoms with Crippen molar-refractivity contribution in [2.24, 2.45) is 5.73 Å². The van der Waals surface area contributed by atoms with Crippen LogP contribution in [0.1, 0.15) is 64.7 Å². The molecule has 0 aromatic carbocycles. The van der Waals surface area contributed by atoms with Gasteiger partial charge in [-0.15, -0.1) is 0 Å². The maximum absolute atomic E-state index is 5.49. The van der Waals surface area contributed by atoms with Gasteiger partial charge in [-0.2, -0.15) is 0 Å². The number of hydrogen-bond donors (Lipinski definition) is 1. The fourth-order valence-electron chi connectivity index (χ4n) is 2.66. The Morgan fingerprint density at radius 3 is 2.56 bits per heavy atom. The number of likely N-dealkylation sites (tertiary alicyclic amines) is 1. The minimum absolute atomic E-state index is 0.826. The number of rotatable bonds is 7. The van der Waals surface area contributed by atoms with Crippen LogP contribution in [0.25, 0.3) is 0 Å². The molecule has 1 fully saturated rings. The monoisotopic (exact) mass is 226 g/mol. The van der Waals surface area contributed by atoms with Crippen molar-refractivity contribution in [1.82, 2.24) is 4.90 Å². The molecule has 1 aliphatic heterocycles. The minimum Gasteiger partial charge on any atom is -0.330 e. The summed E-state index contributed by atoms with van der Waals surface area (Å²) >= 11 is 0. The first-order chi connectivity index (χ1) is 7.84. The van der Waals surface area contributed by atoms with Gasteiger partial charge in [-0.1, -0.05) is 32.1 Å². The Kier molecular flexibility index (Phi) is 7.87. The lowest BCUT2D eigenvalue weighted by Gasteiger charge is -2.26. The Morgan fingerprint density at radius 1 is 1.00 bits per heavy atom. The van der Waals surface area contributed by atoms with E-state index in [9.17, 15) is 0 Å². The van der Waals surface area contributed by atoms with Crippen molar-refractivity contribution < 1.29 is 0 Å². The van der Waals surface area contributed by atoms with Crippen molar-refractivity contribution in [2.45, 2.75) is 70.8 Å². The zero-order valence-electron chi connectivity index (χ0n) is 11.1. The highest BCUT2D eigenvalue weighted by molar-refractivity contribution is 4.71. The number of hydrogen-bond acceptors (Lipinski definition) is 2. The molecule has 2 nitrogen and oxygen atoms in total. The lowest BCUT2D eigenvalue weighted by atomic mass is 10.1. The number of unbranched alkanes of at least 4 members (excludes halogenated alkanes) is 4. The molecule has 1 unspecified atom stereocenters. The van der Waals surface area contributed by atoms with Crippen molar-refractivity contribution in [2.75, 3.05) is 19.6 Å². The average molecular weight is 226 g/mol. The number of nitrogens with two attached hydrogens (primary N) is 1. The highest BCUT2D eigenvalue weighted by Crippen LogP contribution is 2.17. The van der Waals surface area contributed by atoms with Crippen LogP contribution in [0.5, 0.6) is 0 Å². The molecule has 1 aliphatic rings. The maximum Gasteiger partial charge on any atom is 0.00669 e. The summed E-state index contributed by atoms with van der Waals surface area (Å²) in [6.45, 7) is 5.93. The largest absolute Gasteiger partial charge is 0.330 e. The van der Waals surface area contributed by atoms with E-state index in [0.717, 1.165) is 12.6 Å². The summed E-state index contributed by atoms with van der Waals surface area (Å²) in [7, 11) is 0. The third-order valence-corrected chi connectivity index (χ3v) is 3.84. The van der Waals surface area contributed by atoms with Crippen molar-refractivity contribution in [3.63, 3.8) is 0 Å². The molecule has 1 atom stereocenters. The Labute approximate surface area is 102 Å². The van der Waals surface area contributed by atoms with E-state index >= 15 is 0 Å². The van der Waals surface area contributed by atoms with Crippen LogP contribution >= 0.6 is 0 Å². The van der Waals surface area contributed by atoms with Crippen LogP contribution in [0, 0.1) is 0 Å². The molecular formula is C14H30N2. The molecule has 2 N–H and O–H groups in total. The highest BCUT2D eigenvalue weighted by Gasteiger charge is 2.15. The number of nitrogens with zero attached hydrogens (tertiary/aromatic N) is 1. The molecule has 0 aromatic heterocycles. The van der Waals surface area contributed by atoms with E-state index < -0.39 is 0 Å². The van der Waals surface area contributed by atoms with Gasteiger partial charge in [0.1, 0.15) is 0 Å². The van der Waals surface area contributed by atoms with E-state index in [1.54, 1.807) is 0 Å². The summed E-state index contributed by atoms with van der Waals surface area (Å²) in [6, 6.07) is 0.826. The second-order valence-electron chi connectivity index (χ2n) is 5.29. The first-order valence-electron chi connectivity index (χ1n) is 7.28. The predicted octanol–water partition coefficient (Wildman–Crippen LogP) is 3.16. The van der Waals surface area contributed by atoms with Gasteiger partial charge in [-0.25, -0.2) is 0 Å². The van der Waals surface area contributed by atoms with E-state index in [2.05, 4.69) is 11.8 Å². The van der Waals surface area contributed by atoms with Gasteiger partial charge in [0.15, 0.2) is 0 Å². The summed E-state index contributed by atoms with van der Waals surface area (Å²) in [5.41, 5.74) is 5.49. The molecule has 0 spiro atoms. The molecule has 0 aliphatic carbocycles. The van der Waals surface area contributed by atoms with Gasteiger partial charge >= 0.3 is 0 Å². The molecule has 0 amide bonds. The summed E-state index contributed by atoms with van der Waals surface area (Å²) in [5, 5.41) is 0. The third kappa shape index (κ3) is 5.86. The smallest absolute Gasteiger partial charge is 0.00669 e. The maximum atomic E-state index is 5.49. The molecule has 0 aromatic rings. The lowest BCUT2D eigenvalue weighted by molar-refractivity contribution is 0.209. The molecule has 1 saturated heterocycles. The summed E-state index contributed by atoms with van der Waals surface area (Å²) in [4.78, 5) is 2.70. The molecule has 0 bridgehead atoms. The van der Waals surface area contributed by atoms with Gasteiger partial charge in [0, 0.05) is 6.04 Å². The van der Waals surface area contributed by atoms with Crippen LogP contribution in [0.3, 0.4) is 0 Å². The second-order valence-corrected chi connectivity index (χ2v) is 5.29. The van der Waals surface area contributed by atoms with Gasteiger partial charge in [0.05, 0.1) is 0 Å². The van der Waals surface area contributed by atoms with E-state index in [1.165, 1.54) is 70.9 Å². The first-order valence-corrected chi connectivity index (χ1v) is 7.28.